The second kappa shape index (κ2) is 7.01. The SMILES string of the molecule is CC(C)CN(CCN(C)C)S(=O)(=O)c1[nH]ncc1C(=O)O. The molecule has 120 valence electrons. The van der Waals surface area contributed by atoms with Gasteiger partial charge in [0.1, 0.15) is 5.56 Å². The number of rotatable bonds is 8. The fourth-order valence-electron chi connectivity index (χ4n) is 1.78. The van der Waals surface area contributed by atoms with E-state index in [9.17, 15) is 13.2 Å². The van der Waals surface area contributed by atoms with Gasteiger partial charge < -0.3 is 10.0 Å². The standard InChI is InChI=1S/C12H22N4O4S/c1-9(2)8-16(6-5-15(3)4)21(19,20)11-10(12(17)18)7-13-14-11/h7,9H,5-6,8H2,1-4H3,(H,13,14)(H,17,18). The third kappa shape index (κ3) is 4.51. The summed E-state index contributed by atoms with van der Waals surface area (Å²) < 4.78 is 26.6. The minimum absolute atomic E-state index is 0.123. The summed E-state index contributed by atoms with van der Waals surface area (Å²) in [5, 5.41) is 14.5. The molecule has 2 N–H and O–H groups in total. The first-order chi connectivity index (χ1) is 9.66. The largest absolute Gasteiger partial charge is 0.478 e. The topological polar surface area (TPSA) is 107 Å². The summed E-state index contributed by atoms with van der Waals surface area (Å²) in [4.78, 5) is 13.0. The first-order valence-electron chi connectivity index (χ1n) is 6.57. The molecule has 0 aromatic carbocycles. The highest BCUT2D eigenvalue weighted by atomic mass is 32.2. The average Bonchev–Trinajstić information content (AvgIpc) is 2.83. The van der Waals surface area contributed by atoms with E-state index in [-0.39, 0.29) is 23.1 Å². The van der Waals surface area contributed by atoms with E-state index in [1.807, 2.05) is 32.8 Å². The Bertz CT molecular complexity index is 580. The number of aromatic carboxylic acids is 1. The number of nitrogens with zero attached hydrogens (tertiary/aromatic N) is 3. The highest BCUT2D eigenvalue weighted by Crippen LogP contribution is 2.18. The minimum Gasteiger partial charge on any atom is -0.478 e. The number of aromatic amines is 1. The fraction of sp³-hybridized carbons (Fsp3) is 0.667. The van der Waals surface area contributed by atoms with E-state index in [0.717, 1.165) is 6.20 Å². The van der Waals surface area contributed by atoms with E-state index in [1.165, 1.54) is 4.31 Å². The molecule has 0 radical (unpaired) electrons. The lowest BCUT2D eigenvalue weighted by Gasteiger charge is -2.24. The maximum absolute atomic E-state index is 12.6. The van der Waals surface area contributed by atoms with Gasteiger partial charge in [-0.15, -0.1) is 0 Å². The van der Waals surface area contributed by atoms with Gasteiger partial charge in [0.05, 0.1) is 6.20 Å². The lowest BCUT2D eigenvalue weighted by Crippen LogP contribution is -2.39. The summed E-state index contributed by atoms with van der Waals surface area (Å²) in [5.74, 6) is -1.20. The summed E-state index contributed by atoms with van der Waals surface area (Å²) >= 11 is 0. The Balaban J connectivity index is 3.13. The molecule has 0 saturated heterocycles. The minimum atomic E-state index is -3.92. The van der Waals surface area contributed by atoms with Crippen molar-refractivity contribution in [2.45, 2.75) is 18.9 Å². The summed E-state index contributed by atoms with van der Waals surface area (Å²) in [7, 11) is -0.224. The molecule has 0 aliphatic rings. The van der Waals surface area contributed by atoms with Crippen molar-refractivity contribution in [3.8, 4) is 0 Å². The number of nitrogens with one attached hydrogen (secondary N) is 1. The average molecular weight is 318 g/mol. The maximum atomic E-state index is 12.6. The van der Waals surface area contributed by atoms with Gasteiger partial charge in [0.25, 0.3) is 10.0 Å². The van der Waals surface area contributed by atoms with Gasteiger partial charge in [0.15, 0.2) is 5.03 Å². The molecule has 0 aliphatic heterocycles. The normalized spacial score (nSPS) is 12.5. The van der Waals surface area contributed by atoms with E-state index < -0.39 is 16.0 Å². The molecule has 9 heteroatoms. The van der Waals surface area contributed by atoms with E-state index >= 15 is 0 Å². The molecular formula is C12H22N4O4S. The molecule has 1 aromatic rings. The zero-order valence-electron chi connectivity index (χ0n) is 12.7. The number of aromatic nitrogens is 2. The third-order valence-corrected chi connectivity index (χ3v) is 4.64. The molecule has 1 heterocycles. The molecule has 0 spiro atoms. The lowest BCUT2D eigenvalue weighted by atomic mass is 10.2. The molecule has 0 amide bonds. The monoisotopic (exact) mass is 318 g/mol. The van der Waals surface area contributed by atoms with Crippen LogP contribution in [0.4, 0.5) is 0 Å². The molecular weight excluding hydrogens is 296 g/mol. The van der Waals surface area contributed by atoms with E-state index in [0.29, 0.717) is 13.1 Å². The highest BCUT2D eigenvalue weighted by Gasteiger charge is 2.31. The molecule has 0 unspecified atom stereocenters. The maximum Gasteiger partial charge on any atom is 0.340 e. The van der Waals surface area contributed by atoms with Crippen molar-refractivity contribution in [1.29, 1.82) is 0 Å². The Morgan fingerprint density at radius 1 is 1.38 bits per heavy atom. The van der Waals surface area contributed by atoms with Gasteiger partial charge in [-0.25, -0.2) is 13.2 Å². The van der Waals surface area contributed by atoms with Crippen molar-refractivity contribution >= 4 is 16.0 Å². The van der Waals surface area contributed by atoms with Crippen LogP contribution >= 0.6 is 0 Å². The van der Waals surface area contributed by atoms with Crippen molar-refractivity contribution in [2.24, 2.45) is 5.92 Å². The van der Waals surface area contributed by atoms with Crippen LogP contribution in [0.15, 0.2) is 11.2 Å². The van der Waals surface area contributed by atoms with Crippen molar-refractivity contribution < 1.29 is 18.3 Å². The third-order valence-electron chi connectivity index (χ3n) is 2.80. The van der Waals surface area contributed by atoms with Crippen LogP contribution < -0.4 is 0 Å². The summed E-state index contributed by atoms with van der Waals surface area (Å²) in [5.41, 5.74) is -0.339. The molecule has 0 atom stereocenters. The van der Waals surface area contributed by atoms with Crippen LogP contribution in [0.1, 0.15) is 24.2 Å². The van der Waals surface area contributed by atoms with E-state index in [1.54, 1.807) is 0 Å². The van der Waals surface area contributed by atoms with E-state index in [2.05, 4.69) is 10.2 Å². The van der Waals surface area contributed by atoms with Crippen LogP contribution in [0.3, 0.4) is 0 Å². The van der Waals surface area contributed by atoms with Crippen LogP contribution in [0.25, 0.3) is 0 Å². The van der Waals surface area contributed by atoms with Crippen molar-refractivity contribution in [2.75, 3.05) is 33.7 Å². The first kappa shape index (κ1) is 17.6. The molecule has 1 rings (SSSR count). The van der Waals surface area contributed by atoms with Crippen molar-refractivity contribution in [1.82, 2.24) is 19.4 Å². The Morgan fingerprint density at radius 3 is 2.48 bits per heavy atom. The molecule has 0 saturated carbocycles. The number of H-pyrrole nitrogens is 1. The number of hydrogen-bond acceptors (Lipinski definition) is 5. The van der Waals surface area contributed by atoms with E-state index in [4.69, 9.17) is 5.11 Å². The smallest absolute Gasteiger partial charge is 0.340 e. The number of carboxylic acids is 1. The van der Waals surface area contributed by atoms with Crippen LogP contribution in [-0.4, -0.2) is 72.6 Å². The zero-order valence-corrected chi connectivity index (χ0v) is 13.5. The van der Waals surface area contributed by atoms with Crippen LogP contribution in [0, 0.1) is 5.92 Å². The first-order valence-corrected chi connectivity index (χ1v) is 8.01. The second-order valence-electron chi connectivity index (χ2n) is 5.48. The Kier molecular flexibility index (Phi) is 5.87. The van der Waals surface area contributed by atoms with Gasteiger partial charge >= 0.3 is 5.97 Å². The van der Waals surface area contributed by atoms with Crippen molar-refractivity contribution in [3.05, 3.63) is 11.8 Å². The molecule has 1 aromatic heterocycles. The second-order valence-corrected chi connectivity index (χ2v) is 7.35. The summed E-state index contributed by atoms with van der Waals surface area (Å²) in [6.45, 7) is 4.95. The molecule has 0 bridgehead atoms. The summed E-state index contributed by atoms with van der Waals surface area (Å²) in [6.07, 6.45) is 1.01. The molecule has 0 aliphatic carbocycles. The van der Waals surface area contributed by atoms with Gasteiger partial charge in [0, 0.05) is 19.6 Å². The Hall–Kier alpha value is -1.45. The molecule has 0 fully saturated rings. The predicted molar refractivity (Wildman–Crippen MR) is 77.7 cm³/mol. The Morgan fingerprint density at radius 2 is 2.00 bits per heavy atom. The van der Waals surface area contributed by atoms with Crippen molar-refractivity contribution in [3.63, 3.8) is 0 Å². The summed E-state index contributed by atoms with van der Waals surface area (Å²) in [6, 6.07) is 0. The van der Waals surface area contributed by atoms with Crippen LogP contribution in [0.2, 0.25) is 0 Å². The highest BCUT2D eigenvalue weighted by molar-refractivity contribution is 7.89. The molecule has 21 heavy (non-hydrogen) atoms. The number of carboxylic acid groups (broad SMARTS) is 1. The quantitative estimate of drug-likeness (QED) is 0.715. The van der Waals surface area contributed by atoms with Gasteiger partial charge in [-0.1, -0.05) is 13.8 Å². The number of carbonyl (C=O) groups is 1. The van der Waals surface area contributed by atoms with Crippen LogP contribution in [-0.2, 0) is 10.0 Å². The number of likely N-dealkylation sites (N-methyl/N-ethyl adjacent to an activating group) is 1. The number of hydrogen-bond donors (Lipinski definition) is 2. The Labute approximate surface area is 124 Å². The lowest BCUT2D eigenvalue weighted by molar-refractivity contribution is 0.0692. The predicted octanol–water partition coefficient (Wildman–Crippen LogP) is 0.316. The zero-order chi connectivity index (χ0) is 16.2. The number of sulfonamides is 1. The molecule has 8 nitrogen and oxygen atoms in total. The van der Waals surface area contributed by atoms with Gasteiger partial charge in [-0.05, 0) is 20.0 Å². The fourth-order valence-corrected chi connectivity index (χ4v) is 3.44. The van der Waals surface area contributed by atoms with Gasteiger partial charge in [-0.3, -0.25) is 5.10 Å². The van der Waals surface area contributed by atoms with Crippen LogP contribution in [0.5, 0.6) is 0 Å². The van der Waals surface area contributed by atoms with Gasteiger partial charge in [-0.2, -0.15) is 9.40 Å². The van der Waals surface area contributed by atoms with Gasteiger partial charge in [0.2, 0.25) is 0 Å².